The first-order chi connectivity index (χ1) is 8.54. The molecule has 0 N–H and O–H groups in total. The molecule has 0 radical (unpaired) electrons. The van der Waals surface area contributed by atoms with Crippen molar-refractivity contribution in [2.24, 2.45) is 11.8 Å². The van der Waals surface area contributed by atoms with E-state index in [0.29, 0.717) is 5.92 Å². The molecule has 0 aliphatic heterocycles. The summed E-state index contributed by atoms with van der Waals surface area (Å²) in [5.74, 6) is 1.89. The van der Waals surface area contributed by atoms with E-state index in [9.17, 15) is 4.79 Å². The van der Waals surface area contributed by atoms with Crippen molar-refractivity contribution in [1.29, 1.82) is 0 Å². The molecule has 0 bridgehead atoms. The smallest absolute Gasteiger partial charge is 0.169 e. The molecule has 1 aliphatic rings. The summed E-state index contributed by atoms with van der Waals surface area (Å²) in [6.07, 6.45) is 3.22. The zero-order chi connectivity index (χ0) is 13.3. The number of rotatable bonds is 3. The molecule has 0 heterocycles. The molecule has 1 fully saturated rings. The van der Waals surface area contributed by atoms with Crippen molar-refractivity contribution in [2.45, 2.75) is 40.0 Å². The molecular weight excluding hydrogens is 224 g/mol. The Bertz CT molecular complexity index is 462. The van der Waals surface area contributed by atoms with E-state index in [4.69, 9.17) is 4.74 Å². The van der Waals surface area contributed by atoms with Gasteiger partial charge in [0.25, 0.3) is 0 Å². The Morgan fingerprint density at radius 1 is 1.28 bits per heavy atom. The van der Waals surface area contributed by atoms with Crippen LogP contribution in [0.3, 0.4) is 0 Å². The number of ketones is 1. The third-order valence-electron chi connectivity index (χ3n) is 4.21. The van der Waals surface area contributed by atoms with E-state index in [1.807, 2.05) is 26.0 Å². The summed E-state index contributed by atoms with van der Waals surface area (Å²) in [4.78, 5) is 12.6. The summed E-state index contributed by atoms with van der Waals surface area (Å²) in [5, 5.41) is 0. The Balaban J connectivity index is 2.33. The first-order valence-electron chi connectivity index (χ1n) is 6.73. The van der Waals surface area contributed by atoms with E-state index in [-0.39, 0.29) is 11.7 Å². The number of ether oxygens (including phenoxy) is 1. The summed E-state index contributed by atoms with van der Waals surface area (Å²) in [5.41, 5.74) is 3.01. The first-order valence-corrected chi connectivity index (χ1v) is 6.73. The SMILES string of the molecule is COc1c(C(=O)C2CCC(C)C2)ccc(C)c1C. The van der Waals surface area contributed by atoms with Crippen LogP contribution in [0.1, 0.15) is 47.7 Å². The highest BCUT2D eigenvalue weighted by atomic mass is 16.5. The highest BCUT2D eigenvalue weighted by molar-refractivity contribution is 6.01. The molecule has 1 saturated carbocycles. The fraction of sp³-hybridized carbons (Fsp3) is 0.562. The summed E-state index contributed by atoms with van der Waals surface area (Å²) in [7, 11) is 1.65. The van der Waals surface area contributed by atoms with Gasteiger partial charge in [0.15, 0.2) is 5.78 Å². The maximum atomic E-state index is 12.6. The highest BCUT2D eigenvalue weighted by Crippen LogP contribution is 2.36. The van der Waals surface area contributed by atoms with Crippen LogP contribution in [0.15, 0.2) is 12.1 Å². The van der Waals surface area contributed by atoms with Crippen LogP contribution < -0.4 is 4.74 Å². The standard InChI is InChI=1S/C16H22O2/c1-10-5-7-13(9-10)15(17)14-8-6-11(2)12(3)16(14)18-4/h6,8,10,13H,5,7,9H2,1-4H3. The van der Waals surface area contributed by atoms with Crippen molar-refractivity contribution in [1.82, 2.24) is 0 Å². The second-order valence-corrected chi connectivity index (χ2v) is 5.57. The lowest BCUT2D eigenvalue weighted by molar-refractivity contribution is 0.0917. The minimum absolute atomic E-state index is 0.191. The maximum Gasteiger partial charge on any atom is 0.169 e. The predicted molar refractivity (Wildman–Crippen MR) is 73.3 cm³/mol. The molecule has 0 amide bonds. The van der Waals surface area contributed by atoms with Gasteiger partial charge in [-0.3, -0.25) is 4.79 Å². The molecule has 0 aromatic heterocycles. The molecule has 2 nitrogen and oxygen atoms in total. The lowest BCUT2D eigenvalue weighted by atomic mass is 9.92. The van der Waals surface area contributed by atoms with E-state index in [1.54, 1.807) is 7.11 Å². The highest BCUT2D eigenvalue weighted by Gasteiger charge is 2.30. The van der Waals surface area contributed by atoms with E-state index >= 15 is 0 Å². The molecular formula is C16H22O2. The molecule has 2 rings (SSSR count). The summed E-state index contributed by atoms with van der Waals surface area (Å²) < 4.78 is 5.44. The second-order valence-electron chi connectivity index (χ2n) is 5.57. The first kappa shape index (κ1) is 13.1. The Morgan fingerprint density at radius 2 is 2.00 bits per heavy atom. The van der Waals surface area contributed by atoms with Crippen LogP contribution in [-0.2, 0) is 0 Å². The molecule has 1 aromatic carbocycles. The van der Waals surface area contributed by atoms with E-state index in [0.717, 1.165) is 29.7 Å². The quantitative estimate of drug-likeness (QED) is 0.755. The van der Waals surface area contributed by atoms with Gasteiger partial charge in [-0.1, -0.05) is 13.0 Å². The van der Waals surface area contributed by atoms with Crippen LogP contribution in [0.2, 0.25) is 0 Å². The molecule has 0 spiro atoms. The number of aryl methyl sites for hydroxylation is 1. The van der Waals surface area contributed by atoms with Gasteiger partial charge in [-0.15, -0.1) is 0 Å². The predicted octanol–water partition coefficient (Wildman–Crippen LogP) is 3.93. The molecule has 2 heteroatoms. The minimum Gasteiger partial charge on any atom is -0.496 e. The summed E-state index contributed by atoms with van der Waals surface area (Å²) in [6, 6.07) is 3.94. The van der Waals surface area contributed by atoms with Gasteiger partial charge in [0.1, 0.15) is 5.75 Å². The van der Waals surface area contributed by atoms with Gasteiger partial charge in [0.2, 0.25) is 0 Å². The largest absolute Gasteiger partial charge is 0.496 e. The number of methoxy groups -OCH3 is 1. The van der Waals surface area contributed by atoms with Crippen LogP contribution in [0, 0.1) is 25.7 Å². The van der Waals surface area contributed by atoms with Crippen LogP contribution in [0.25, 0.3) is 0 Å². The molecule has 0 saturated heterocycles. The molecule has 98 valence electrons. The minimum atomic E-state index is 0.191. The Labute approximate surface area is 109 Å². The number of carbonyl (C=O) groups is 1. The van der Waals surface area contributed by atoms with Crippen LogP contribution in [0.5, 0.6) is 5.75 Å². The summed E-state index contributed by atoms with van der Waals surface area (Å²) in [6.45, 7) is 6.29. The Kier molecular flexibility index (Phi) is 3.74. The fourth-order valence-electron chi connectivity index (χ4n) is 2.91. The van der Waals surface area contributed by atoms with Gasteiger partial charge in [0.05, 0.1) is 12.7 Å². The number of hydrogen-bond donors (Lipinski definition) is 0. The van der Waals surface area contributed by atoms with Crippen LogP contribution in [0.4, 0.5) is 0 Å². The van der Waals surface area contributed by atoms with Crippen molar-refractivity contribution in [2.75, 3.05) is 7.11 Å². The van der Waals surface area contributed by atoms with Crippen molar-refractivity contribution in [3.8, 4) is 5.75 Å². The van der Waals surface area contributed by atoms with Gasteiger partial charge in [-0.05, 0) is 56.2 Å². The van der Waals surface area contributed by atoms with Gasteiger partial charge >= 0.3 is 0 Å². The van der Waals surface area contributed by atoms with Gasteiger partial charge in [-0.2, -0.15) is 0 Å². The van der Waals surface area contributed by atoms with Gasteiger partial charge < -0.3 is 4.74 Å². The van der Waals surface area contributed by atoms with E-state index in [2.05, 4.69) is 6.92 Å². The molecule has 1 aromatic rings. The fourth-order valence-corrected chi connectivity index (χ4v) is 2.91. The topological polar surface area (TPSA) is 26.3 Å². The second kappa shape index (κ2) is 5.13. The van der Waals surface area contributed by atoms with Crippen molar-refractivity contribution < 1.29 is 9.53 Å². The van der Waals surface area contributed by atoms with E-state index in [1.165, 1.54) is 12.0 Å². The zero-order valence-corrected chi connectivity index (χ0v) is 11.7. The molecule has 2 unspecified atom stereocenters. The van der Waals surface area contributed by atoms with Crippen LogP contribution in [-0.4, -0.2) is 12.9 Å². The molecule has 18 heavy (non-hydrogen) atoms. The van der Waals surface area contributed by atoms with Crippen molar-refractivity contribution >= 4 is 5.78 Å². The lowest BCUT2D eigenvalue weighted by Gasteiger charge is -2.15. The average molecular weight is 246 g/mol. The summed E-state index contributed by atoms with van der Waals surface area (Å²) >= 11 is 0. The Morgan fingerprint density at radius 3 is 2.56 bits per heavy atom. The third-order valence-corrected chi connectivity index (χ3v) is 4.21. The average Bonchev–Trinajstić information content (AvgIpc) is 2.78. The third kappa shape index (κ3) is 2.29. The Hall–Kier alpha value is -1.31. The lowest BCUT2D eigenvalue weighted by Crippen LogP contribution is -2.13. The normalized spacial score (nSPS) is 23.1. The molecule has 1 aliphatic carbocycles. The maximum absolute atomic E-state index is 12.6. The molecule has 2 atom stereocenters. The number of hydrogen-bond acceptors (Lipinski definition) is 2. The van der Waals surface area contributed by atoms with Gasteiger partial charge in [0, 0.05) is 5.92 Å². The zero-order valence-electron chi connectivity index (χ0n) is 11.7. The van der Waals surface area contributed by atoms with Crippen molar-refractivity contribution in [3.63, 3.8) is 0 Å². The van der Waals surface area contributed by atoms with Crippen molar-refractivity contribution in [3.05, 3.63) is 28.8 Å². The van der Waals surface area contributed by atoms with E-state index < -0.39 is 0 Å². The number of benzene rings is 1. The monoisotopic (exact) mass is 246 g/mol. The van der Waals surface area contributed by atoms with Gasteiger partial charge in [-0.25, -0.2) is 0 Å². The number of Topliss-reactive ketones (excluding diaryl/α,β-unsaturated/α-hetero) is 1. The number of carbonyl (C=O) groups excluding carboxylic acids is 1. The van der Waals surface area contributed by atoms with Crippen LogP contribution >= 0.6 is 0 Å².